The molecule has 0 aliphatic carbocycles. The molecule has 24 heavy (non-hydrogen) atoms. The highest BCUT2D eigenvalue weighted by Crippen LogP contribution is 2.39. The molecule has 0 aliphatic heterocycles. The Hall–Kier alpha value is -2.57. The summed E-state index contributed by atoms with van der Waals surface area (Å²) in [7, 11) is 1.79. The molecule has 0 radical (unpaired) electrons. The zero-order valence-corrected chi connectivity index (χ0v) is 14.1. The molecule has 0 aliphatic rings. The number of nitrogens with zero attached hydrogens (tertiary/aromatic N) is 4. The first-order chi connectivity index (χ1) is 11.6. The molecule has 0 amide bonds. The molecule has 0 atom stereocenters. The number of hydrogen-bond donors (Lipinski definition) is 2. The lowest BCUT2D eigenvalue weighted by molar-refractivity contribution is 1.14. The van der Waals surface area contributed by atoms with Crippen LogP contribution in [-0.4, -0.2) is 26.4 Å². The molecular weight excluding hydrogens is 347 g/mol. The van der Waals surface area contributed by atoms with Gasteiger partial charge in [0.05, 0.1) is 6.20 Å². The topological polar surface area (TPSA) is 81.1 Å². The number of pyridine rings is 1. The van der Waals surface area contributed by atoms with Crippen LogP contribution in [0.25, 0.3) is 27.8 Å². The Balaban J connectivity index is 2.21. The maximum Gasteiger partial charge on any atom is 0.167 e. The standard InChI is InChI=1S/C16H12Cl2N6/c1-20-12-5-8(13-9(17)3-2-4-10(13)18)14-16(22-12)24-7-21-6-11(24)15(19)23-14/h2-7H,1H3,(H2,19,23)(H,20,22). The summed E-state index contributed by atoms with van der Waals surface area (Å²) in [5.74, 6) is 1.03. The van der Waals surface area contributed by atoms with Crippen LogP contribution in [0, 0.1) is 0 Å². The van der Waals surface area contributed by atoms with E-state index in [2.05, 4.69) is 20.3 Å². The van der Waals surface area contributed by atoms with Crippen molar-refractivity contribution in [3.8, 4) is 11.1 Å². The van der Waals surface area contributed by atoms with Gasteiger partial charge >= 0.3 is 0 Å². The summed E-state index contributed by atoms with van der Waals surface area (Å²) in [4.78, 5) is 13.2. The number of hydrogen-bond acceptors (Lipinski definition) is 5. The van der Waals surface area contributed by atoms with E-state index >= 15 is 0 Å². The molecule has 0 bridgehead atoms. The van der Waals surface area contributed by atoms with Crippen molar-refractivity contribution in [2.45, 2.75) is 0 Å². The summed E-state index contributed by atoms with van der Waals surface area (Å²) in [6, 6.07) is 7.22. The first-order valence-corrected chi connectivity index (χ1v) is 7.90. The Kier molecular flexibility index (Phi) is 3.44. The highest BCUT2D eigenvalue weighted by molar-refractivity contribution is 6.39. The Labute approximate surface area is 147 Å². The van der Waals surface area contributed by atoms with Crippen molar-refractivity contribution in [1.29, 1.82) is 0 Å². The van der Waals surface area contributed by atoms with Gasteiger partial charge in [0, 0.05) is 28.2 Å². The molecular formula is C16H12Cl2N6. The van der Waals surface area contributed by atoms with Crippen LogP contribution in [0.4, 0.5) is 11.6 Å². The number of nitrogens with two attached hydrogens (primary N) is 1. The largest absolute Gasteiger partial charge is 0.382 e. The van der Waals surface area contributed by atoms with Crippen molar-refractivity contribution in [3.63, 3.8) is 0 Å². The third kappa shape index (κ3) is 2.15. The Morgan fingerprint density at radius 3 is 2.62 bits per heavy atom. The van der Waals surface area contributed by atoms with Crippen LogP contribution < -0.4 is 11.1 Å². The van der Waals surface area contributed by atoms with Crippen LogP contribution in [0.2, 0.25) is 10.0 Å². The lowest BCUT2D eigenvalue weighted by Gasteiger charge is -2.13. The van der Waals surface area contributed by atoms with Gasteiger partial charge in [0.1, 0.15) is 29.0 Å². The number of halogens is 2. The van der Waals surface area contributed by atoms with Gasteiger partial charge in [-0.25, -0.2) is 15.0 Å². The van der Waals surface area contributed by atoms with Crippen LogP contribution in [0.5, 0.6) is 0 Å². The van der Waals surface area contributed by atoms with Gasteiger partial charge in [0.15, 0.2) is 5.65 Å². The van der Waals surface area contributed by atoms with E-state index in [1.807, 2.05) is 6.07 Å². The number of anilines is 2. The molecule has 3 heterocycles. The van der Waals surface area contributed by atoms with Gasteiger partial charge in [-0.3, -0.25) is 4.40 Å². The van der Waals surface area contributed by atoms with Crippen molar-refractivity contribution in [3.05, 3.63) is 46.8 Å². The SMILES string of the molecule is CNc1cc(-c2c(Cl)cccc2Cl)c2nc(N)c3cncn3c2n1. The molecule has 6 nitrogen and oxygen atoms in total. The van der Waals surface area contributed by atoms with Gasteiger partial charge in [-0.2, -0.15) is 0 Å². The summed E-state index contributed by atoms with van der Waals surface area (Å²) in [6.45, 7) is 0. The second-order valence-electron chi connectivity index (χ2n) is 5.22. The molecule has 3 N–H and O–H groups in total. The average Bonchev–Trinajstić information content (AvgIpc) is 3.05. The molecule has 4 rings (SSSR count). The average molecular weight is 359 g/mol. The van der Waals surface area contributed by atoms with E-state index in [1.54, 1.807) is 42.2 Å². The minimum atomic E-state index is 0.364. The van der Waals surface area contributed by atoms with Crippen molar-refractivity contribution < 1.29 is 0 Å². The maximum atomic E-state index is 6.39. The quantitative estimate of drug-likeness (QED) is 0.568. The van der Waals surface area contributed by atoms with E-state index < -0.39 is 0 Å². The van der Waals surface area contributed by atoms with Crippen LogP contribution >= 0.6 is 23.2 Å². The Bertz CT molecular complexity index is 1070. The van der Waals surface area contributed by atoms with Crippen molar-refractivity contribution in [2.75, 3.05) is 18.1 Å². The number of benzene rings is 1. The molecule has 0 unspecified atom stereocenters. The van der Waals surface area contributed by atoms with Crippen molar-refractivity contribution in [1.82, 2.24) is 19.4 Å². The molecule has 3 aromatic heterocycles. The minimum absolute atomic E-state index is 0.364. The lowest BCUT2D eigenvalue weighted by Crippen LogP contribution is -2.03. The van der Waals surface area contributed by atoms with E-state index in [1.165, 1.54) is 0 Å². The minimum Gasteiger partial charge on any atom is -0.382 e. The van der Waals surface area contributed by atoms with Gasteiger partial charge in [-0.05, 0) is 18.2 Å². The first kappa shape index (κ1) is 15.0. The monoisotopic (exact) mass is 358 g/mol. The summed E-state index contributed by atoms with van der Waals surface area (Å²) < 4.78 is 1.80. The fraction of sp³-hybridized carbons (Fsp3) is 0.0625. The van der Waals surface area contributed by atoms with E-state index in [4.69, 9.17) is 28.9 Å². The molecule has 4 aromatic rings. The molecule has 8 heteroatoms. The third-order valence-electron chi connectivity index (χ3n) is 3.82. The zero-order valence-electron chi connectivity index (χ0n) is 12.6. The van der Waals surface area contributed by atoms with Crippen LogP contribution in [0.1, 0.15) is 0 Å². The molecule has 0 saturated carbocycles. The molecule has 1 aromatic carbocycles. The molecule has 120 valence electrons. The summed E-state index contributed by atoms with van der Waals surface area (Å²) in [5, 5.41) is 4.11. The third-order valence-corrected chi connectivity index (χ3v) is 4.45. The number of nitrogen functional groups attached to an aromatic ring is 1. The molecule has 0 spiro atoms. The highest BCUT2D eigenvalue weighted by Gasteiger charge is 2.18. The van der Waals surface area contributed by atoms with Crippen LogP contribution in [0.3, 0.4) is 0 Å². The number of imidazole rings is 1. The first-order valence-electron chi connectivity index (χ1n) is 7.14. The van der Waals surface area contributed by atoms with Gasteiger partial charge in [-0.1, -0.05) is 29.3 Å². The fourth-order valence-electron chi connectivity index (χ4n) is 2.71. The molecule has 0 fully saturated rings. The second-order valence-corrected chi connectivity index (χ2v) is 6.03. The Morgan fingerprint density at radius 1 is 1.17 bits per heavy atom. The number of aromatic nitrogens is 4. The second kappa shape index (κ2) is 5.51. The summed E-state index contributed by atoms with van der Waals surface area (Å²) >= 11 is 12.8. The predicted molar refractivity (Wildman–Crippen MR) is 97.7 cm³/mol. The van der Waals surface area contributed by atoms with E-state index in [9.17, 15) is 0 Å². The fourth-order valence-corrected chi connectivity index (χ4v) is 3.31. The number of rotatable bonds is 2. The van der Waals surface area contributed by atoms with Crippen LogP contribution in [-0.2, 0) is 0 Å². The van der Waals surface area contributed by atoms with Gasteiger partial charge in [-0.15, -0.1) is 0 Å². The zero-order chi connectivity index (χ0) is 16.8. The number of nitrogens with one attached hydrogen (secondary N) is 1. The predicted octanol–water partition coefficient (Wildman–Crippen LogP) is 3.88. The van der Waals surface area contributed by atoms with Crippen molar-refractivity contribution >= 4 is 51.5 Å². The van der Waals surface area contributed by atoms with Crippen molar-refractivity contribution in [2.24, 2.45) is 0 Å². The van der Waals surface area contributed by atoms with Gasteiger partial charge < -0.3 is 11.1 Å². The highest BCUT2D eigenvalue weighted by atomic mass is 35.5. The smallest absolute Gasteiger partial charge is 0.167 e. The van der Waals surface area contributed by atoms with Gasteiger partial charge in [0.2, 0.25) is 0 Å². The van der Waals surface area contributed by atoms with E-state index in [0.717, 1.165) is 5.56 Å². The summed E-state index contributed by atoms with van der Waals surface area (Å²) in [6.07, 6.45) is 3.30. The van der Waals surface area contributed by atoms with E-state index in [-0.39, 0.29) is 0 Å². The molecule has 0 saturated heterocycles. The van der Waals surface area contributed by atoms with Gasteiger partial charge in [0.25, 0.3) is 0 Å². The maximum absolute atomic E-state index is 6.39. The summed E-state index contributed by atoms with van der Waals surface area (Å²) in [5.41, 5.74) is 9.44. The normalized spacial score (nSPS) is 11.3. The van der Waals surface area contributed by atoms with Crippen LogP contribution in [0.15, 0.2) is 36.8 Å². The lowest BCUT2D eigenvalue weighted by atomic mass is 10.0. The number of fused-ring (bicyclic) bond motifs is 3. The van der Waals surface area contributed by atoms with E-state index in [0.29, 0.717) is 43.9 Å². The Morgan fingerprint density at radius 2 is 1.92 bits per heavy atom.